The Balaban J connectivity index is 1.57. The van der Waals surface area contributed by atoms with Crippen molar-refractivity contribution in [1.82, 2.24) is 15.1 Å². The topological polar surface area (TPSA) is 52.6 Å². The number of nitrogens with one attached hydrogen (secondary N) is 1. The van der Waals surface area contributed by atoms with Gasteiger partial charge < -0.3 is 10.2 Å². The normalized spacial score (nSPS) is 15.8. The third-order valence-electron chi connectivity index (χ3n) is 5.50. The minimum atomic E-state index is -0.606. The summed E-state index contributed by atoms with van der Waals surface area (Å²) >= 11 is 0. The number of hydrogen-bond donors (Lipinski definition) is 1. The molecule has 0 spiro atoms. The van der Waals surface area contributed by atoms with E-state index in [1.807, 2.05) is 18.7 Å². The minimum absolute atomic E-state index is 0.0489. The summed E-state index contributed by atoms with van der Waals surface area (Å²) in [5.41, 5.74) is 2.87. The second kappa shape index (κ2) is 9.85. The lowest BCUT2D eigenvalue weighted by molar-refractivity contribution is -0.136. The highest BCUT2D eigenvalue weighted by atomic mass is 19.1. The molecule has 0 saturated carbocycles. The molecule has 1 saturated heterocycles. The molecule has 0 unspecified atom stereocenters. The van der Waals surface area contributed by atoms with Crippen LogP contribution in [0.2, 0.25) is 0 Å². The van der Waals surface area contributed by atoms with Crippen molar-refractivity contribution in [2.45, 2.75) is 33.4 Å². The number of nitrogens with zero attached hydrogens (tertiary/aromatic N) is 2. The molecule has 0 bridgehead atoms. The molecule has 2 aromatic carbocycles. The van der Waals surface area contributed by atoms with E-state index in [2.05, 4.69) is 41.4 Å². The molecule has 5 nitrogen and oxygen atoms in total. The molecule has 2 amide bonds. The number of carbonyl (C=O) groups is 2. The molecule has 6 heteroatoms. The second-order valence-electron chi connectivity index (χ2n) is 8.29. The van der Waals surface area contributed by atoms with Gasteiger partial charge in [-0.2, -0.15) is 0 Å². The van der Waals surface area contributed by atoms with Gasteiger partial charge >= 0.3 is 0 Å². The van der Waals surface area contributed by atoms with Gasteiger partial charge in [0.05, 0.1) is 0 Å². The van der Waals surface area contributed by atoms with Gasteiger partial charge in [-0.25, -0.2) is 4.39 Å². The first kappa shape index (κ1) is 22.0. The van der Waals surface area contributed by atoms with E-state index in [-0.39, 0.29) is 17.7 Å². The van der Waals surface area contributed by atoms with Gasteiger partial charge in [-0.05, 0) is 42.7 Å². The zero-order valence-corrected chi connectivity index (χ0v) is 17.9. The van der Waals surface area contributed by atoms with E-state index < -0.39 is 11.9 Å². The molecule has 160 valence electrons. The Morgan fingerprint density at radius 1 is 1.03 bits per heavy atom. The highest BCUT2D eigenvalue weighted by Crippen LogP contribution is 2.14. The number of hydrogen-bond acceptors (Lipinski definition) is 3. The molecule has 3 rings (SSSR count). The zero-order chi connectivity index (χ0) is 21.7. The molecule has 1 N–H and O–H groups in total. The first-order valence-corrected chi connectivity index (χ1v) is 10.5. The van der Waals surface area contributed by atoms with E-state index in [0.29, 0.717) is 18.7 Å². The van der Waals surface area contributed by atoms with Gasteiger partial charge in [0.1, 0.15) is 11.9 Å². The standard InChI is InChI=1S/C24H30FN3O2/c1-17(2)22(26-23(29)20-7-9-21(25)10-8-20)24(30)28-13-11-27(12-14-28)16-19-6-4-5-18(3)15-19/h4-10,15,17,22H,11-14,16H2,1-3H3,(H,26,29)/t22-/m0/s1. The molecule has 30 heavy (non-hydrogen) atoms. The van der Waals surface area contributed by atoms with Gasteiger partial charge in [0, 0.05) is 38.3 Å². The van der Waals surface area contributed by atoms with Crippen LogP contribution >= 0.6 is 0 Å². The van der Waals surface area contributed by atoms with Gasteiger partial charge in [0.25, 0.3) is 5.91 Å². The number of carbonyl (C=O) groups excluding carboxylic acids is 2. The van der Waals surface area contributed by atoms with E-state index >= 15 is 0 Å². The van der Waals surface area contributed by atoms with Crippen molar-refractivity contribution in [3.63, 3.8) is 0 Å². The second-order valence-corrected chi connectivity index (χ2v) is 8.29. The van der Waals surface area contributed by atoms with Crippen molar-refractivity contribution in [3.05, 3.63) is 71.0 Å². The highest BCUT2D eigenvalue weighted by molar-refractivity contribution is 5.97. The maximum atomic E-state index is 13.1. The summed E-state index contributed by atoms with van der Waals surface area (Å²) < 4.78 is 13.1. The summed E-state index contributed by atoms with van der Waals surface area (Å²) in [6, 6.07) is 13.2. The van der Waals surface area contributed by atoms with Crippen molar-refractivity contribution in [3.8, 4) is 0 Å². The van der Waals surface area contributed by atoms with Crippen LogP contribution in [0, 0.1) is 18.7 Å². The summed E-state index contributed by atoms with van der Waals surface area (Å²) in [6.45, 7) is 9.68. The smallest absolute Gasteiger partial charge is 0.251 e. The number of aryl methyl sites for hydroxylation is 1. The van der Waals surface area contributed by atoms with Crippen molar-refractivity contribution in [2.75, 3.05) is 26.2 Å². The maximum absolute atomic E-state index is 13.1. The first-order valence-electron chi connectivity index (χ1n) is 10.5. The van der Waals surface area contributed by atoms with Crippen LogP contribution in [0.15, 0.2) is 48.5 Å². The fraction of sp³-hybridized carbons (Fsp3) is 0.417. The number of benzene rings is 2. The SMILES string of the molecule is Cc1cccc(CN2CCN(C(=O)[C@@H](NC(=O)c3ccc(F)cc3)C(C)C)CC2)c1. The molecule has 0 radical (unpaired) electrons. The quantitative estimate of drug-likeness (QED) is 0.794. The van der Waals surface area contributed by atoms with Crippen molar-refractivity contribution < 1.29 is 14.0 Å². The van der Waals surface area contributed by atoms with Crippen LogP contribution in [0.25, 0.3) is 0 Å². The summed E-state index contributed by atoms with van der Waals surface area (Å²) in [5, 5.41) is 2.84. The van der Waals surface area contributed by atoms with Crippen LogP contribution in [-0.2, 0) is 11.3 Å². The summed E-state index contributed by atoms with van der Waals surface area (Å²) in [7, 11) is 0. The van der Waals surface area contributed by atoms with Gasteiger partial charge in [-0.1, -0.05) is 43.7 Å². The van der Waals surface area contributed by atoms with Gasteiger partial charge in [-0.3, -0.25) is 14.5 Å². The minimum Gasteiger partial charge on any atom is -0.340 e. The van der Waals surface area contributed by atoms with Gasteiger partial charge in [-0.15, -0.1) is 0 Å². The van der Waals surface area contributed by atoms with E-state index in [0.717, 1.165) is 19.6 Å². The van der Waals surface area contributed by atoms with Crippen LogP contribution in [0.4, 0.5) is 4.39 Å². The van der Waals surface area contributed by atoms with E-state index in [4.69, 9.17) is 0 Å². The average Bonchev–Trinajstić information content (AvgIpc) is 2.72. The molecule has 1 fully saturated rings. The highest BCUT2D eigenvalue weighted by Gasteiger charge is 2.31. The Morgan fingerprint density at radius 2 is 1.70 bits per heavy atom. The fourth-order valence-electron chi connectivity index (χ4n) is 3.73. The van der Waals surface area contributed by atoms with E-state index in [9.17, 15) is 14.0 Å². The molecule has 1 aliphatic heterocycles. The summed E-state index contributed by atoms with van der Waals surface area (Å²) in [6.07, 6.45) is 0. The molecule has 0 aliphatic carbocycles. The molecule has 0 aromatic heterocycles. The number of piperazine rings is 1. The van der Waals surface area contributed by atoms with Crippen molar-refractivity contribution in [1.29, 1.82) is 0 Å². The van der Waals surface area contributed by atoms with Crippen LogP contribution in [0.1, 0.15) is 35.3 Å². The third kappa shape index (κ3) is 5.66. The lowest BCUT2D eigenvalue weighted by Crippen LogP contribution is -2.56. The maximum Gasteiger partial charge on any atom is 0.251 e. The molecular formula is C24H30FN3O2. The summed E-state index contributed by atoms with van der Waals surface area (Å²) in [4.78, 5) is 29.8. The Hall–Kier alpha value is -2.73. The molecule has 1 aliphatic rings. The Bertz CT molecular complexity index is 874. The molecule has 1 heterocycles. The van der Waals surface area contributed by atoms with Crippen molar-refractivity contribution in [2.24, 2.45) is 5.92 Å². The predicted octanol–water partition coefficient (Wildman–Crippen LogP) is 3.23. The fourth-order valence-corrected chi connectivity index (χ4v) is 3.73. The molecule has 2 aromatic rings. The zero-order valence-electron chi connectivity index (χ0n) is 17.9. The third-order valence-corrected chi connectivity index (χ3v) is 5.50. The number of rotatable bonds is 6. The van der Waals surface area contributed by atoms with Crippen LogP contribution < -0.4 is 5.32 Å². The first-order chi connectivity index (χ1) is 14.3. The predicted molar refractivity (Wildman–Crippen MR) is 116 cm³/mol. The van der Waals surface area contributed by atoms with Crippen LogP contribution in [0.5, 0.6) is 0 Å². The Kier molecular flexibility index (Phi) is 7.21. The van der Waals surface area contributed by atoms with Gasteiger partial charge in [0.15, 0.2) is 0 Å². The largest absolute Gasteiger partial charge is 0.340 e. The number of halogens is 1. The Labute approximate surface area is 177 Å². The van der Waals surface area contributed by atoms with Crippen molar-refractivity contribution >= 4 is 11.8 Å². The molecular weight excluding hydrogens is 381 g/mol. The van der Waals surface area contributed by atoms with E-state index in [1.54, 1.807) is 0 Å². The molecule has 1 atom stereocenters. The average molecular weight is 412 g/mol. The van der Waals surface area contributed by atoms with Gasteiger partial charge in [0.2, 0.25) is 5.91 Å². The lowest BCUT2D eigenvalue weighted by Gasteiger charge is -2.37. The monoisotopic (exact) mass is 411 g/mol. The van der Waals surface area contributed by atoms with Crippen LogP contribution in [-0.4, -0.2) is 53.8 Å². The Morgan fingerprint density at radius 3 is 2.30 bits per heavy atom. The number of amides is 2. The van der Waals surface area contributed by atoms with E-state index in [1.165, 1.54) is 35.4 Å². The summed E-state index contributed by atoms with van der Waals surface area (Å²) in [5.74, 6) is -0.866. The lowest BCUT2D eigenvalue weighted by atomic mass is 10.0. The van der Waals surface area contributed by atoms with Crippen LogP contribution in [0.3, 0.4) is 0 Å².